The number of nitrogens with one attached hydrogen (secondary N) is 1. The van der Waals surface area contributed by atoms with Gasteiger partial charge in [0.25, 0.3) is 5.91 Å². The lowest BCUT2D eigenvalue weighted by atomic mass is 10.1. The summed E-state index contributed by atoms with van der Waals surface area (Å²) in [6.45, 7) is 3.76. The molecule has 0 aliphatic heterocycles. The summed E-state index contributed by atoms with van der Waals surface area (Å²) in [5.74, 6) is 1.39. The number of nitrogens with two attached hydrogens (primary N) is 1. The summed E-state index contributed by atoms with van der Waals surface area (Å²) in [4.78, 5) is 14.2. The smallest absolute Gasteiger partial charge is 0.251 e. The Morgan fingerprint density at radius 3 is 2.52 bits per heavy atom. The van der Waals surface area contributed by atoms with Crippen molar-refractivity contribution in [2.75, 3.05) is 24.7 Å². The molecule has 1 amide bonds. The lowest BCUT2D eigenvalue weighted by Gasteiger charge is -2.16. The molecular weight excluding hydrogens is 266 g/mol. The molecular formula is C16H21N3O2. The van der Waals surface area contributed by atoms with E-state index in [-0.39, 0.29) is 11.9 Å². The van der Waals surface area contributed by atoms with E-state index in [1.54, 1.807) is 12.1 Å². The van der Waals surface area contributed by atoms with Gasteiger partial charge < -0.3 is 20.4 Å². The molecule has 2 rings (SSSR count). The predicted molar refractivity (Wildman–Crippen MR) is 84.5 cm³/mol. The molecule has 112 valence electrons. The first-order valence-corrected chi connectivity index (χ1v) is 6.82. The maximum atomic E-state index is 12.2. The third kappa shape index (κ3) is 3.37. The van der Waals surface area contributed by atoms with Gasteiger partial charge in [-0.1, -0.05) is 0 Å². The van der Waals surface area contributed by atoms with E-state index in [1.807, 2.05) is 51.0 Å². The highest BCUT2D eigenvalue weighted by atomic mass is 16.3. The van der Waals surface area contributed by atoms with Gasteiger partial charge in [0.2, 0.25) is 0 Å². The van der Waals surface area contributed by atoms with E-state index < -0.39 is 0 Å². The number of carbonyl (C=O) groups excluding carboxylic acids is 1. The summed E-state index contributed by atoms with van der Waals surface area (Å²) in [6.07, 6.45) is 0. The molecule has 0 saturated carbocycles. The van der Waals surface area contributed by atoms with Crippen molar-refractivity contribution in [1.29, 1.82) is 0 Å². The number of anilines is 2. The molecule has 5 heteroatoms. The van der Waals surface area contributed by atoms with Gasteiger partial charge in [-0.3, -0.25) is 4.79 Å². The number of benzene rings is 1. The van der Waals surface area contributed by atoms with Gasteiger partial charge in [-0.25, -0.2) is 0 Å². The van der Waals surface area contributed by atoms with Gasteiger partial charge in [-0.05, 0) is 44.2 Å². The molecule has 1 aromatic heterocycles. The predicted octanol–water partition coefficient (Wildman–Crippen LogP) is 2.73. The lowest BCUT2D eigenvalue weighted by Crippen LogP contribution is -2.26. The quantitative estimate of drug-likeness (QED) is 0.848. The maximum absolute atomic E-state index is 12.2. The van der Waals surface area contributed by atoms with Crippen LogP contribution >= 0.6 is 0 Å². The van der Waals surface area contributed by atoms with E-state index in [9.17, 15) is 4.79 Å². The Hall–Kier alpha value is -2.43. The van der Waals surface area contributed by atoms with Crippen LogP contribution in [0.5, 0.6) is 0 Å². The topological polar surface area (TPSA) is 71.5 Å². The Balaban J connectivity index is 2.11. The molecule has 1 atom stereocenters. The lowest BCUT2D eigenvalue weighted by molar-refractivity contribution is 0.0935. The van der Waals surface area contributed by atoms with E-state index in [0.29, 0.717) is 11.3 Å². The summed E-state index contributed by atoms with van der Waals surface area (Å²) in [5, 5.41) is 2.90. The molecule has 21 heavy (non-hydrogen) atoms. The molecule has 1 unspecified atom stereocenters. The van der Waals surface area contributed by atoms with Gasteiger partial charge in [-0.2, -0.15) is 0 Å². The molecule has 1 heterocycles. The Morgan fingerprint density at radius 1 is 1.29 bits per heavy atom. The zero-order valence-electron chi connectivity index (χ0n) is 12.8. The fourth-order valence-corrected chi connectivity index (χ4v) is 2.14. The normalized spacial score (nSPS) is 12.0. The number of carbonyl (C=O) groups is 1. The van der Waals surface area contributed by atoms with Crippen LogP contribution in [-0.2, 0) is 0 Å². The molecule has 0 bridgehead atoms. The summed E-state index contributed by atoms with van der Waals surface area (Å²) in [6, 6.07) is 8.84. The Morgan fingerprint density at radius 2 is 2.00 bits per heavy atom. The molecule has 0 fully saturated rings. The minimum Gasteiger partial charge on any atom is -0.464 e. The van der Waals surface area contributed by atoms with Crippen molar-refractivity contribution < 1.29 is 9.21 Å². The van der Waals surface area contributed by atoms with Crippen molar-refractivity contribution in [2.45, 2.75) is 19.9 Å². The second-order valence-corrected chi connectivity index (χ2v) is 5.31. The minimum atomic E-state index is -0.194. The monoisotopic (exact) mass is 287 g/mol. The molecule has 0 spiro atoms. The van der Waals surface area contributed by atoms with Crippen LogP contribution in [0.25, 0.3) is 0 Å². The van der Waals surface area contributed by atoms with Crippen LogP contribution in [-0.4, -0.2) is 20.0 Å². The van der Waals surface area contributed by atoms with Crippen LogP contribution in [0.3, 0.4) is 0 Å². The SMILES string of the molecule is Cc1ccc(C(C)NC(=O)c2ccc(N(C)C)c(N)c2)o1. The summed E-state index contributed by atoms with van der Waals surface area (Å²) < 4.78 is 5.51. The molecule has 0 saturated heterocycles. The number of nitrogens with zero attached hydrogens (tertiary/aromatic N) is 1. The largest absolute Gasteiger partial charge is 0.464 e. The molecule has 0 aliphatic rings. The summed E-state index contributed by atoms with van der Waals surface area (Å²) >= 11 is 0. The van der Waals surface area contributed by atoms with Gasteiger partial charge in [0.05, 0.1) is 17.4 Å². The van der Waals surface area contributed by atoms with Crippen molar-refractivity contribution in [3.8, 4) is 0 Å². The number of rotatable bonds is 4. The number of amides is 1. The van der Waals surface area contributed by atoms with Crippen LogP contribution in [0.4, 0.5) is 11.4 Å². The Kier molecular flexibility index (Phi) is 4.21. The third-order valence-electron chi connectivity index (χ3n) is 3.31. The molecule has 1 aromatic carbocycles. The van der Waals surface area contributed by atoms with Gasteiger partial charge >= 0.3 is 0 Å². The van der Waals surface area contributed by atoms with E-state index in [0.717, 1.165) is 17.2 Å². The second kappa shape index (κ2) is 5.91. The van der Waals surface area contributed by atoms with Crippen LogP contribution in [0, 0.1) is 6.92 Å². The van der Waals surface area contributed by atoms with Crippen LogP contribution in [0.2, 0.25) is 0 Å². The highest BCUT2D eigenvalue weighted by molar-refractivity contribution is 5.96. The number of hydrogen-bond acceptors (Lipinski definition) is 4. The maximum Gasteiger partial charge on any atom is 0.251 e. The van der Waals surface area contributed by atoms with Gasteiger partial charge in [0.15, 0.2) is 0 Å². The van der Waals surface area contributed by atoms with Crippen molar-refractivity contribution in [2.24, 2.45) is 0 Å². The molecule has 0 radical (unpaired) electrons. The average Bonchev–Trinajstić information content (AvgIpc) is 2.84. The standard InChI is InChI=1S/C16H21N3O2/c1-10-5-8-15(21-10)11(2)18-16(20)12-6-7-14(19(3)4)13(17)9-12/h5-9,11H,17H2,1-4H3,(H,18,20). The molecule has 5 nitrogen and oxygen atoms in total. The Labute approximate surface area is 124 Å². The first-order chi connectivity index (χ1) is 9.88. The zero-order valence-corrected chi connectivity index (χ0v) is 12.8. The highest BCUT2D eigenvalue weighted by Gasteiger charge is 2.15. The fraction of sp³-hybridized carbons (Fsp3) is 0.312. The van der Waals surface area contributed by atoms with Crippen molar-refractivity contribution >= 4 is 17.3 Å². The van der Waals surface area contributed by atoms with Crippen LogP contribution in [0.1, 0.15) is 34.8 Å². The minimum absolute atomic E-state index is 0.173. The summed E-state index contributed by atoms with van der Waals surface area (Å²) in [5.41, 5.74) is 7.97. The molecule has 3 N–H and O–H groups in total. The number of hydrogen-bond donors (Lipinski definition) is 2. The van der Waals surface area contributed by atoms with Crippen molar-refractivity contribution in [3.63, 3.8) is 0 Å². The fourth-order valence-electron chi connectivity index (χ4n) is 2.14. The zero-order chi connectivity index (χ0) is 15.6. The van der Waals surface area contributed by atoms with E-state index >= 15 is 0 Å². The second-order valence-electron chi connectivity index (χ2n) is 5.31. The van der Waals surface area contributed by atoms with Gasteiger partial charge in [0, 0.05) is 19.7 Å². The number of furan rings is 1. The van der Waals surface area contributed by atoms with Crippen LogP contribution in [0.15, 0.2) is 34.7 Å². The summed E-state index contributed by atoms with van der Waals surface area (Å²) in [7, 11) is 3.82. The van der Waals surface area contributed by atoms with Gasteiger partial charge in [-0.15, -0.1) is 0 Å². The average molecular weight is 287 g/mol. The number of nitrogen functional groups attached to an aromatic ring is 1. The first kappa shape index (κ1) is 15.0. The Bertz CT molecular complexity index is 647. The third-order valence-corrected chi connectivity index (χ3v) is 3.31. The first-order valence-electron chi connectivity index (χ1n) is 6.82. The van der Waals surface area contributed by atoms with Crippen LogP contribution < -0.4 is 16.0 Å². The van der Waals surface area contributed by atoms with E-state index in [4.69, 9.17) is 10.2 Å². The van der Waals surface area contributed by atoms with E-state index in [2.05, 4.69) is 5.32 Å². The van der Waals surface area contributed by atoms with Crippen molar-refractivity contribution in [3.05, 3.63) is 47.4 Å². The molecule has 2 aromatic rings. The molecule has 0 aliphatic carbocycles. The van der Waals surface area contributed by atoms with Gasteiger partial charge in [0.1, 0.15) is 11.5 Å². The van der Waals surface area contributed by atoms with Crippen molar-refractivity contribution in [1.82, 2.24) is 5.32 Å². The van der Waals surface area contributed by atoms with E-state index in [1.165, 1.54) is 0 Å². The highest BCUT2D eigenvalue weighted by Crippen LogP contribution is 2.23. The number of aryl methyl sites for hydroxylation is 1.